The van der Waals surface area contributed by atoms with Crippen LogP contribution in [0.5, 0.6) is 0 Å². The van der Waals surface area contributed by atoms with Crippen molar-refractivity contribution < 1.29 is 17.1 Å². The van der Waals surface area contributed by atoms with Crippen LogP contribution in [0.25, 0.3) is 0 Å². The molecule has 0 radical (unpaired) electrons. The summed E-state index contributed by atoms with van der Waals surface area (Å²) in [5.41, 5.74) is 6.18. The molecule has 3 nitrogen and oxygen atoms in total. The lowest BCUT2D eigenvalue weighted by Gasteiger charge is -2.31. The second kappa shape index (κ2) is 8.62. The van der Waals surface area contributed by atoms with E-state index in [1.54, 1.807) is 0 Å². The largest absolute Gasteiger partial charge is 1.00 e. The molecule has 0 fully saturated rings. The Hall–Kier alpha value is -2.58. The lowest BCUT2D eigenvalue weighted by molar-refractivity contribution is -0.00000625. The molecule has 0 saturated heterocycles. The molecule has 4 rings (SSSR count). The molecule has 1 aliphatic carbocycles. The van der Waals surface area contributed by atoms with E-state index < -0.39 is 0 Å². The number of hydrogen-bond acceptors (Lipinski definition) is 3. The van der Waals surface area contributed by atoms with Crippen molar-refractivity contribution >= 4 is 5.69 Å². The van der Waals surface area contributed by atoms with Crippen LogP contribution < -0.4 is 17.3 Å². The predicted octanol–water partition coefficient (Wildman–Crippen LogP) is 1.36. The third-order valence-corrected chi connectivity index (χ3v) is 5.11. The molecule has 1 aliphatic heterocycles. The first-order valence-electron chi connectivity index (χ1n) is 9.36. The van der Waals surface area contributed by atoms with Crippen molar-refractivity contribution in [3.05, 3.63) is 101 Å². The summed E-state index contributed by atoms with van der Waals surface area (Å²) in [5, 5.41) is 0. The van der Waals surface area contributed by atoms with E-state index in [2.05, 4.69) is 97.7 Å². The van der Waals surface area contributed by atoms with Crippen LogP contribution >= 0.6 is 0 Å². The summed E-state index contributed by atoms with van der Waals surface area (Å²) in [5.74, 6) is 0.968. The number of para-hydroxylation sites is 1. The fourth-order valence-electron chi connectivity index (χ4n) is 3.73. The predicted molar refractivity (Wildman–Crippen MR) is 111 cm³/mol. The van der Waals surface area contributed by atoms with E-state index in [-0.39, 0.29) is 18.3 Å². The first-order chi connectivity index (χ1) is 13.1. The van der Waals surface area contributed by atoms with Crippen LogP contribution in [0.2, 0.25) is 0 Å². The molecular weight excluding hydrogens is 368 g/mol. The van der Waals surface area contributed by atoms with Gasteiger partial charge in [0.05, 0.1) is 29.8 Å². The first kappa shape index (κ1) is 20.2. The molecule has 2 aliphatic rings. The van der Waals surface area contributed by atoms with Gasteiger partial charge in [-0.15, -0.1) is 0 Å². The average Bonchev–Trinajstić information content (AvgIpc) is 2.69. The van der Waals surface area contributed by atoms with Crippen molar-refractivity contribution in [2.24, 2.45) is 0 Å². The van der Waals surface area contributed by atoms with Gasteiger partial charge in [-0.2, -0.15) is 0 Å². The van der Waals surface area contributed by atoms with Gasteiger partial charge in [-0.1, -0.05) is 48.5 Å². The molecule has 1 heterocycles. The standard InChI is InChI=1S/C24H25N2O.ClH/c1-25(2)15-16-27-19-13-14-23-21(17-19)24(18-9-5-4-6-10-18)20-11-7-8-12-22(20)26(23)3;/h4-14,24H,15-16H2,1-3H3;1H/q+1;/p-1. The fraction of sp³-hybridized carbons (Fsp3) is 0.250. The van der Waals surface area contributed by atoms with E-state index in [1.807, 2.05) is 6.08 Å². The van der Waals surface area contributed by atoms with Gasteiger partial charge in [-0.25, -0.2) is 0 Å². The topological polar surface area (TPSA) is 15.7 Å². The van der Waals surface area contributed by atoms with Gasteiger partial charge in [0.2, 0.25) is 0 Å². The van der Waals surface area contributed by atoms with Crippen LogP contribution in [-0.2, 0) is 4.74 Å². The van der Waals surface area contributed by atoms with Gasteiger partial charge in [0, 0.05) is 13.6 Å². The second-order valence-corrected chi connectivity index (χ2v) is 7.23. The Bertz CT molecular complexity index is 915. The first-order valence-corrected chi connectivity index (χ1v) is 9.36. The highest BCUT2D eigenvalue weighted by molar-refractivity contribution is 5.71. The van der Waals surface area contributed by atoms with Gasteiger partial charge in [0.25, 0.3) is 5.76 Å². The zero-order valence-electron chi connectivity index (χ0n) is 16.5. The van der Waals surface area contributed by atoms with Crippen LogP contribution in [0.1, 0.15) is 17.0 Å². The highest BCUT2D eigenvalue weighted by atomic mass is 35.5. The molecule has 0 amide bonds. The average molecular weight is 393 g/mol. The number of ether oxygens (including phenoxy) is 1. The van der Waals surface area contributed by atoms with Crippen molar-refractivity contribution in [3.8, 4) is 0 Å². The number of anilines is 1. The van der Waals surface area contributed by atoms with Gasteiger partial charge in [0.15, 0.2) is 11.3 Å². The Morgan fingerprint density at radius 1 is 1.00 bits per heavy atom. The molecule has 144 valence electrons. The number of halogens is 1. The minimum Gasteiger partial charge on any atom is -1.00 e. The molecule has 0 N–H and O–H groups in total. The SMILES string of the molecule is CN(C)CCOC1=[C+]C2=C(C=C1)N(C)c1ccccc1C2c1ccccc1.[Cl-]. The monoisotopic (exact) mass is 392 g/mol. The summed E-state index contributed by atoms with van der Waals surface area (Å²) in [6.07, 6.45) is 7.76. The van der Waals surface area contributed by atoms with Crippen molar-refractivity contribution in [1.82, 2.24) is 4.90 Å². The summed E-state index contributed by atoms with van der Waals surface area (Å²) >= 11 is 0. The van der Waals surface area contributed by atoms with E-state index in [9.17, 15) is 0 Å². The summed E-state index contributed by atoms with van der Waals surface area (Å²) in [6, 6.07) is 19.3. The Kier molecular flexibility index (Phi) is 6.21. The number of hydrogen-bond donors (Lipinski definition) is 0. The smallest absolute Gasteiger partial charge is 0.289 e. The zero-order chi connectivity index (χ0) is 18.8. The maximum Gasteiger partial charge on any atom is 0.289 e. The normalized spacial score (nSPS) is 17.4. The lowest BCUT2D eigenvalue weighted by Crippen LogP contribution is -3.00. The minimum atomic E-state index is 0. The Balaban J connectivity index is 0.00000225. The number of rotatable bonds is 5. The van der Waals surface area contributed by atoms with Crippen molar-refractivity contribution in [1.29, 1.82) is 0 Å². The molecule has 2 aromatic carbocycles. The number of benzene rings is 2. The van der Waals surface area contributed by atoms with Crippen LogP contribution in [0.4, 0.5) is 5.69 Å². The highest BCUT2D eigenvalue weighted by Gasteiger charge is 2.38. The van der Waals surface area contributed by atoms with E-state index in [0.29, 0.717) is 6.61 Å². The molecule has 0 bridgehead atoms. The maximum atomic E-state index is 5.97. The van der Waals surface area contributed by atoms with Crippen molar-refractivity contribution in [2.45, 2.75) is 5.92 Å². The van der Waals surface area contributed by atoms with Crippen LogP contribution in [-0.4, -0.2) is 39.2 Å². The number of fused-ring (bicyclic) bond motifs is 1. The molecule has 0 saturated carbocycles. The summed E-state index contributed by atoms with van der Waals surface area (Å²) in [6.45, 7) is 1.54. The summed E-state index contributed by atoms with van der Waals surface area (Å²) in [4.78, 5) is 4.37. The van der Waals surface area contributed by atoms with Gasteiger partial charge < -0.3 is 22.0 Å². The zero-order valence-corrected chi connectivity index (χ0v) is 17.3. The van der Waals surface area contributed by atoms with Gasteiger partial charge >= 0.3 is 0 Å². The Morgan fingerprint density at radius 2 is 1.71 bits per heavy atom. The van der Waals surface area contributed by atoms with Crippen LogP contribution in [0.3, 0.4) is 0 Å². The maximum absolute atomic E-state index is 5.97. The van der Waals surface area contributed by atoms with E-state index in [0.717, 1.165) is 12.3 Å². The third kappa shape index (κ3) is 3.83. The molecule has 4 heteroatoms. The van der Waals surface area contributed by atoms with Gasteiger partial charge in [0.1, 0.15) is 6.61 Å². The van der Waals surface area contributed by atoms with Gasteiger partial charge in [-0.05, 0) is 31.3 Å². The molecule has 1 atom stereocenters. The van der Waals surface area contributed by atoms with Crippen molar-refractivity contribution in [2.75, 3.05) is 39.2 Å². The van der Waals surface area contributed by atoms with Gasteiger partial charge in [-0.3, -0.25) is 4.90 Å². The minimum absolute atomic E-state index is 0. The second-order valence-electron chi connectivity index (χ2n) is 7.23. The highest BCUT2D eigenvalue weighted by Crippen LogP contribution is 2.45. The Morgan fingerprint density at radius 3 is 2.46 bits per heavy atom. The summed E-state index contributed by atoms with van der Waals surface area (Å²) in [7, 11) is 6.23. The number of allylic oxidation sites excluding steroid dienone is 4. The number of likely N-dealkylation sites (N-methyl/N-ethyl adjacent to an activating group) is 2. The fourth-order valence-corrected chi connectivity index (χ4v) is 3.73. The third-order valence-electron chi connectivity index (χ3n) is 5.11. The summed E-state index contributed by atoms with van der Waals surface area (Å²) < 4.78 is 5.97. The Labute approximate surface area is 174 Å². The molecule has 0 spiro atoms. The molecule has 28 heavy (non-hydrogen) atoms. The van der Waals surface area contributed by atoms with Crippen molar-refractivity contribution in [3.63, 3.8) is 0 Å². The lowest BCUT2D eigenvalue weighted by atomic mass is 9.79. The van der Waals surface area contributed by atoms with E-state index in [1.165, 1.54) is 28.1 Å². The van der Waals surface area contributed by atoms with Crippen LogP contribution in [0, 0.1) is 6.08 Å². The quantitative estimate of drug-likeness (QED) is 0.715. The molecule has 2 aromatic rings. The van der Waals surface area contributed by atoms with Crippen LogP contribution in [0.15, 0.2) is 83.8 Å². The molecule has 0 aromatic heterocycles. The van der Waals surface area contributed by atoms with E-state index in [4.69, 9.17) is 4.74 Å². The molecule has 1 unspecified atom stereocenters. The van der Waals surface area contributed by atoms with E-state index >= 15 is 0 Å². The number of nitrogens with zero attached hydrogens (tertiary/aromatic N) is 2. The molecular formula is C24H25ClN2O.